The van der Waals surface area contributed by atoms with Gasteiger partial charge in [0.1, 0.15) is 5.82 Å². The van der Waals surface area contributed by atoms with E-state index < -0.39 is 17.8 Å². The number of anilines is 2. The molecule has 0 saturated carbocycles. The molecule has 0 spiro atoms. The Labute approximate surface area is 200 Å². The van der Waals surface area contributed by atoms with Crippen LogP contribution in [0, 0.1) is 12.8 Å². The largest absolute Gasteiger partial charge is 0.416 e. The number of hydrogen-bond donors (Lipinski definition) is 2. The summed E-state index contributed by atoms with van der Waals surface area (Å²) in [6.45, 7) is 4.25. The molecule has 2 N–H and O–H groups in total. The maximum atomic E-state index is 12.6. The fourth-order valence-corrected chi connectivity index (χ4v) is 4.55. The average Bonchev–Trinajstić information content (AvgIpc) is 3.28. The first-order valence-electron chi connectivity index (χ1n) is 11.1. The number of carbonyl (C=O) groups excluding carboxylic acids is 1. The van der Waals surface area contributed by atoms with Crippen LogP contribution in [0.1, 0.15) is 35.4 Å². The van der Waals surface area contributed by atoms with Gasteiger partial charge in [-0.15, -0.1) is 0 Å². The van der Waals surface area contributed by atoms with Crippen LogP contribution in [0.5, 0.6) is 0 Å². The van der Waals surface area contributed by atoms with Crippen LogP contribution in [0.2, 0.25) is 0 Å². The SMILES string of the molecule is Cc1ccc(Cc2nsc(N3CCC(CNC(=O)Nc4ccc(C(F)(F)F)cc4)CC3)n2)cc1. The first-order valence-corrected chi connectivity index (χ1v) is 11.9. The van der Waals surface area contributed by atoms with Crippen LogP contribution in [0.25, 0.3) is 0 Å². The predicted molar refractivity (Wildman–Crippen MR) is 127 cm³/mol. The molecule has 0 aliphatic carbocycles. The number of alkyl halides is 3. The molecule has 1 saturated heterocycles. The van der Waals surface area contributed by atoms with E-state index in [4.69, 9.17) is 4.98 Å². The summed E-state index contributed by atoms with van der Waals surface area (Å²) < 4.78 is 42.4. The van der Waals surface area contributed by atoms with Gasteiger partial charge in [0, 0.05) is 43.3 Å². The van der Waals surface area contributed by atoms with Gasteiger partial charge in [-0.05, 0) is 55.5 Å². The van der Waals surface area contributed by atoms with Gasteiger partial charge in [-0.1, -0.05) is 29.8 Å². The Morgan fingerprint density at radius 2 is 1.76 bits per heavy atom. The number of halogens is 3. The Hall–Kier alpha value is -3.14. The summed E-state index contributed by atoms with van der Waals surface area (Å²) in [6.07, 6.45) is -1.86. The minimum absolute atomic E-state index is 0.318. The number of aryl methyl sites for hydroxylation is 1. The zero-order valence-electron chi connectivity index (χ0n) is 18.7. The molecule has 2 amide bonds. The van der Waals surface area contributed by atoms with Crippen molar-refractivity contribution in [1.29, 1.82) is 0 Å². The number of benzene rings is 2. The lowest BCUT2D eigenvalue weighted by Gasteiger charge is -2.31. The Bertz CT molecular complexity index is 1090. The Morgan fingerprint density at radius 3 is 2.41 bits per heavy atom. The van der Waals surface area contributed by atoms with E-state index in [0.29, 0.717) is 24.6 Å². The monoisotopic (exact) mass is 489 g/mol. The van der Waals surface area contributed by atoms with Crippen LogP contribution in [-0.2, 0) is 12.6 Å². The van der Waals surface area contributed by atoms with E-state index >= 15 is 0 Å². The average molecular weight is 490 g/mol. The van der Waals surface area contributed by atoms with Gasteiger partial charge < -0.3 is 15.5 Å². The van der Waals surface area contributed by atoms with E-state index in [1.165, 1.54) is 34.8 Å². The summed E-state index contributed by atoms with van der Waals surface area (Å²) in [7, 11) is 0. The highest BCUT2D eigenvalue weighted by molar-refractivity contribution is 7.09. The highest BCUT2D eigenvalue weighted by Gasteiger charge is 2.30. The van der Waals surface area contributed by atoms with Crippen molar-refractivity contribution in [3.63, 3.8) is 0 Å². The quantitative estimate of drug-likeness (QED) is 0.480. The van der Waals surface area contributed by atoms with E-state index in [9.17, 15) is 18.0 Å². The summed E-state index contributed by atoms with van der Waals surface area (Å²) >= 11 is 1.42. The highest BCUT2D eigenvalue weighted by Crippen LogP contribution is 2.30. The lowest BCUT2D eigenvalue weighted by molar-refractivity contribution is -0.137. The molecule has 0 radical (unpaired) electrons. The van der Waals surface area contributed by atoms with Crippen molar-refractivity contribution < 1.29 is 18.0 Å². The molecule has 1 aliphatic rings. The molecule has 0 atom stereocenters. The fraction of sp³-hybridized carbons (Fsp3) is 0.375. The number of amides is 2. The van der Waals surface area contributed by atoms with Gasteiger partial charge in [0.2, 0.25) is 5.13 Å². The molecule has 3 aromatic rings. The van der Waals surface area contributed by atoms with Crippen molar-refractivity contribution in [2.75, 3.05) is 29.9 Å². The Balaban J connectivity index is 1.19. The number of nitrogens with zero attached hydrogens (tertiary/aromatic N) is 3. The van der Waals surface area contributed by atoms with Gasteiger partial charge in [-0.25, -0.2) is 9.78 Å². The molecular weight excluding hydrogens is 463 g/mol. The third-order valence-electron chi connectivity index (χ3n) is 5.85. The highest BCUT2D eigenvalue weighted by atomic mass is 32.1. The third-order valence-corrected chi connectivity index (χ3v) is 6.66. The molecule has 2 aromatic carbocycles. The van der Waals surface area contributed by atoms with Gasteiger partial charge >= 0.3 is 12.2 Å². The van der Waals surface area contributed by atoms with Crippen molar-refractivity contribution in [2.45, 2.75) is 32.4 Å². The second-order valence-corrected chi connectivity index (χ2v) is 9.23. The lowest BCUT2D eigenvalue weighted by Crippen LogP contribution is -2.39. The molecule has 0 bridgehead atoms. The molecule has 4 rings (SSSR count). The van der Waals surface area contributed by atoms with Crippen molar-refractivity contribution in [3.05, 3.63) is 71.0 Å². The summed E-state index contributed by atoms with van der Waals surface area (Å²) in [5, 5.41) is 6.32. The molecular formula is C24H26F3N5OS. The van der Waals surface area contributed by atoms with Crippen LogP contribution in [-0.4, -0.2) is 35.0 Å². The second kappa shape index (κ2) is 10.4. The number of aromatic nitrogens is 2. The molecule has 180 valence electrons. The van der Waals surface area contributed by atoms with Crippen LogP contribution in [0.15, 0.2) is 48.5 Å². The lowest BCUT2D eigenvalue weighted by atomic mass is 9.97. The number of urea groups is 1. The molecule has 1 aromatic heterocycles. The van der Waals surface area contributed by atoms with E-state index in [1.54, 1.807) is 0 Å². The Kier molecular flexibility index (Phi) is 7.35. The first-order chi connectivity index (χ1) is 16.3. The van der Waals surface area contributed by atoms with E-state index in [-0.39, 0.29) is 0 Å². The minimum atomic E-state index is -4.40. The van der Waals surface area contributed by atoms with Crippen molar-refractivity contribution in [3.8, 4) is 0 Å². The minimum Gasteiger partial charge on any atom is -0.347 e. The van der Waals surface area contributed by atoms with E-state index in [2.05, 4.69) is 51.1 Å². The number of rotatable bonds is 6. The normalized spacial score (nSPS) is 14.8. The van der Waals surface area contributed by atoms with Crippen molar-refractivity contribution in [1.82, 2.24) is 14.7 Å². The summed E-state index contributed by atoms with van der Waals surface area (Å²) in [6, 6.07) is 12.3. The zero-order chi connectivity index (χ0) is 24.1. The third kappa shape index (κ3) is 6.47. The van der Waals surface area contributed by atoms with Gasteiger partial charge in [0.05, 0.1) is 5.56 Å². The zero-order valence-corrected chi connectivity index (χ0v) is 19.5. The first kappa shape index (κ1) is 24.0. The van der Waals surface area contributed by atoms with Crippen LogP contribution in [0.4, 0.5) is 28.8 Å². The van der Waals surface area contributed by atoms with E-state index in [0.717, 1.165) is 49.0 Å². The number of hydrogen-bond acceptors (Lipinski definition) is 5. The van der Waals surface area contributed by atoms with Gasteiger partial charge in [0.25, 0.3) is 0 Å². The molecule has 6 nitrogen and oxygen atoms in total. The standard InChI is InChI=1S/C24H26F3N5OS/c1-16-2-4-17(5-3-16)14-21-30-23(34-31-21)32-12-10-18(11-13-32)15-28-22(33)29-20-8-6-19(7-9-20)24(25,26)27/h2-9,18H,10-15H2,1H3,(H2,28,29,33). The number of nitrogens with one attached hydrogen (secondary N) is 2. The molecule has 34 heavy (non-hydrogen) atoms. The summed E-state index contributed by atoms with van der Waals surface area (Å²) in [4.78, 5) is 19.1. The fourth-order valence-electron chi connectivity index (χ4n) is 3.82. The molecule has 2 heterocycles. The van der Waals surface area contributed by atoms with Crippen LogP contribution < -0.4 is 15.5 Å². The topological polar surface area (TPSA) is 70.2 Å². The van der Waals surface area contributed by atoms with Crippen molar-refractivity contribution in [2.24, 2.45) is 5.92 Å². The van der Waals surface area contributed by atoms with Gasteiger partial charge in [-0.2, -0.15) is 17.5 Å². The maximum Gasteiger partial charge on any atom is 0.416 e. The maximum absolute atomic E-state index is 12.6. The summed E-state index contributed by atoms with van der Waals surface area (Å²) in [5.41, 5.74) is 1.99. The van der Waals surface area contributed by atoms with Crippen LogP contribution >= 0.6 is 11.5 Å². The molecule has 10 heteroatoms. The molecule has 0 unspecified atom stereocenters. The van der Waals surface area contributed by atoms with Crippen molar-refractivity contribution >= 4 is 28.4 Å². The van der Waals surface area contributed by atoms with Gasteiger partial charge in [0.15, 0.2) is 0 Å². The summed E-state index contributed by atoms with van der Waals surface area (Å²) in [5.74, 6) is 1.15. The molecule has 1 aliphatic heterocycles. The predicted octanol–water partition coefficient (Wildman–Crippen LogP) is 5.49. The second-order valence-electron chi connectivity index (χ2n) is 8.50. The number of carbonyl (C=O) groups is 1. The number of piperidine rings is 1. The van der Waals surface area contributed by atoms with E-state index in [1.807, 2.05) is 0 Å². The van der Waals surface area contributed by atoms with Gasteiger partial charge in [-0.3, -0.25) is 0 Å². The van der Waals surface area contributed by atoms with Crippen LogP contribution in [0.3, 0.4) is 0 Å². The smallest absolute Gasteiger partial charge is 0.347 e. The molecule has 1 fully saturated rings. The Morgan fingerprint density at radius 1 is 1.09 bits per heavy atom.